The third kappa shape index (κ3) is 9.76. The van der Waals surface area contributed by atoms with E-state index in [9.17, 15) is 32.3 Å². The van der Waals surface area contributed by atoms with E-state index < -0.39 is 72.4 Å². The number of rotatable bonds is 12. The first-order chi connectivity index (χ1) is 25.6. The molecule has 10 nitrogen and oxygen atoms in total. The van der Waals surface area contributed by atoms with Crippen LogP contribution in [0.5, 0.6) is 0 Å². The number of benzene rings is 3. The molecule has 5 N–H and O–H groups in total. The van der Waals surface area contributed by atoms with Crippen molar-refractivity contribution in [1.29, 1.82) is 0 Å². The second-order valence-electron chi connectivity index (χ2n) is 14.4. The Morgan fingerprint density at radius 2 is 1.63 bits per heavy atom. The van der Waals surface area contributed by atoms with Crippen molar-refractivity contribution in [2.24, 2.45) is 17.6 Å². The first-order valence-electron chi connectivity index (χ1n) is 18.3. The maximum Gasteiger partial charge on any atom is 0.416 e. The molecule has 1 heterocycles. The highest BCUT2D eigenvalue weighted by Crippen LogP contribution is 2.40. The minimum Gasteiger partial charge on any atom is -0.459 e. The fourth-order valence-electron chi connectivity index (χ4n) is 7.11. The molecule has 1 aliphatic heterocycles. The summed E-state index contributed by atoms with van der Waals surface area (Å²) >= 11 is 0. The SMILES string of the molecule is Cc1cccc(F)c1C(=O)N1CCC[C@H](C(=O)Nc2ccc(COC(=O)CNC(=O)[C@@H](N)C(C)C)c(C(F)(F)F)c2)[C@@H]1c1ccc(NC2CCCC2)cc1. The number of nitrogens with one attached hydrogen (secondary N) is 3. The Bertz CT molecular complexity index is 1810. The first kappa shape index (κ1) is 40.2. The molecule has 3 aromatic carbocycles. The molecule has 1 saturated heterocycles. The van der Waals surface area contributed by atoms with Crippen LogP contribution in [0.2, 0.25) is 0 Å². The molecule has 0 spiro atoms. The molecule has 14 heteroatoms. The number of aryl methyl sites for hydroxylation is 1. The van der Waals surface area contributed by atoms with E-state index in [-0.39, 0.29) is 29.3 Å². The van der Waals surface area contributed by atoms with E-state index in [2.05, 4.69) is 16.0 Å². The number of anilines is 2. The Labute approximate surface area is 312 Å². The lowest BCUT2D eigenvalue weighted by molar-refractivity contribution is -0.147. The van der Waals surface area contributed by atoms with Crippen LogP contribution in [-0.4, -0.2) is 53.8 Å². The van der Waals surface area contributed by atoms with Crippen molar-refractivity contribution in [2.45, 2.75) is 90.2 Å². The van der Waals surface area contributed by atoms with Gasteiger partial charge in [0, 0.05) is 29.5 Å². The van der Waals surface area contributed by atoms with Gasteiger partial charge in [-0.1, -0.05) is 57.0 Å². The maximum atomic E-state index is 15.1. The highest BCUT2D eigenvalue weighted by Gasteiger charge is 2.41. The van der Waals surface area contributed by atoms with Crippen molar-refractivity contribution in [1.82, 2.24) is 10.2 Å². The smallest absolute Gasteiger partial charge is 0.416 e. The minimum atomic E-state index is -4.87. The van der Waals surface area contributed by atoms with Crippen LogP contribution in [0.15, 0.2) is 60.7 Å². The number of piperidine rings is 1. The zero-order chi connectivity index (χ0) is 39.2. The van der Waals surface area contributed by atoms with Gasteiger partial charge in [0.2, 0.25) is 11.8 Å². The molecule has 3 atom stereocenters. The number of likely N-dealkylation sites (tertiary alicyclic amines) is 1. The van der Waals surface area contributed by atoms with Crippen LogP contribution >= 0.6 is 0 Å². The van der Waals surface area contributed by atoms with Gasteiger partial charge in [-0.05, 0) is 80.0 Å². The average molecular weight is 754 g/mol. The van der Waals surface area contributed by atoms with Gasteiger partial charge in [0.25, 0.3) is 5.91 Å². The number of esters is 1. The summed E-state index contributed by atoms with van der Waals surface area (Å²) in [6.07, 6.45) is 0.270. The normalized spacial score (nSPS) is 18.3. The quantitative estimate of drug-likeness (QED) is 0.117. The Morgan fingerprint density at radius 1 is 0.944 bits per heavy atom. The average Bonchev–Trinajstić information content (AvgIpc) is 3.65. The number of amides is 3. The molecule has 54 heavy (non-hydrogen) atoms. The minimum absolute atomic E-state index is 0.101. The summed E-state index contributed by atoms with van der Waals surface area (Å²) in [6.45, 7) is 4.00. The van der Waals surface area contributed by atoms with Crippen molar-refractivity contribution in [3.63, 3.8) is 0 Å². The van der Waals surface area contributed by atoms with Gasteiger partial charge in [-0.2, -0.15) is 13.2 Å². The van der Waals surface area contributed by atoms with E-state index in [1.165, 1.54) is 23.1 Å². The molecule has 0 radical (unpaired) electrons. The zero-order valence-corrected chi connectivity index (χ0v) is 30.6. The summed E-state index contributed by atoms with van der Waals surface area (Å²) < 4.78 is 62.9. The molecule has 3 amide bonds. The summed E-state index contributed by atoms with van der Waals surface area (Å²) in [4.78, 5) is 53.8. The van der Waals surface area contributed by atoms with E-state index in [0.717, 1.165) is 43.5 Å². The number of halogens is 4. The van der Waals surface area contributed by atoms with Gasteiger partial charge in [-0.25, -0.2) is 4.39 Å². The fraction of sp³-hybridized carbons (Fsp3) is 0.450. The number of nitrogens with two attached hydrogens (primary N) is 1. The van der Waals surface area contributed by atoms with Crippen molar-refractivity contribution in [3.05, 3.63) is 94.3 Å². The standard InChI is InChI=1S/C40H47F4N5O5/c1-23(2)35(45)38(52)46-21-33(50)54-22-26-15-18-29(20-31(26)40(42,43)44)48-37(51)30-11-7-19-49(39(53)34-24(3)8-6-12-32(34)41)36(30)25-13-16-28(17-14-25)47-27-9-4-5-10-27/h6,8,12-18,20,23,27,30,35-36,47H,4-5,7,9-11,19,21-22,45H2,1-3H3,(H,46,52)(H,48,51)/t30-,35-,36-/m0/s1. The number of hydrogen-bond acceptors (Lipinski definition) is 7. The molecule has 0 bridgehead atoms. The molecule has 1 aliphatic carbocycles. The molecule has 0 unspecified atom stereocenters. The Morgan fingerprint density at radius 3 is 2.28 bits per heavy atom. The predicted molar refractivity (Wildman–Crippen MR) is 196 cm³/mol. The summed E-state index contributed by atoms with van der Waals surface area (Å²) in [5, 5.41) is 8.45. The van der Waals surface area contributed by atoms with Crippen LogP contribution in [0.1, 0.15) is 91.0 Å². The van der Waals surface area contributed by atoms with Crippen molar-refractivity contribution < 1.29 is 41.5 Å². The maximum absolute atomic E-state index is 15.1. The van der Waals surface area contributed by atoms with Gasteiger partial charge in [-0.15, -0.1) is 0 Å². The van der Waals surface area contributed by atoms with Gasteiger partial charge in [0.05, 0.1) is 29.1 Å². The van der Waals surface area contributed by atoms with E-state index in [0.29, 0.717) is 30.0 Å². The van der Waals surface area contributed by atoms with E-state index in [4.69, 9.17) is 10.5 Å². The second-order valence-corrected chi connectivity index (χ2v) is 14.4. The van der Waals surface area contributed by atoms with Crippen molar-refractivity contribution in [3.8, 4) is 0 Å². The number of carbonyl (C=O) groups is 4. The summed E-state index contributed by atoms with van der Waals surface area (Å²) in [6, 6.07) is 13.5. The third-order valence-corrected chi connectivity index (χ3v) is 10.1. The summed E-state index contributed by atoms with van der Waals surface area (Å²) in [5.41, 5.74) is 5.95. The molecule has 1 saturated carbocycles. The van der Waals surface area contributed by atoms with Gasteiger partial charge in [0.15, 0.2) is 0 Å². The Kier molecular flexibility index (Phi) is 13.0. The van der Waals surface area contributed by atoms with Crippen LogP contribution in [-0.2, 0) is 31.9 Å². The van der Waals surface area contributed by atoms with Gasteiger partial charge >= 0.3 is 12.1 Å². The predicted octanol–water partition coefficient (Wildman–Crippen LogP) is 6.88. The number of nitrogens with zero attached hydrogens (tertiary/aromatic N) is 1. The third-order valence-electron chi connectivity index (χ3n) is 10.1. The van der Waals surface area contributed by atoms with Gasteiger partial charge < -0.3 is 31.3 Å². The molecular weight excluding hydrogens is 706 g/mol. The van der Waals surface area contributed by atoms with Crippen LogP contribution in [0, 0.1) is 24.6 Å². The number of carbonyl (C=O) groups excluding carboxylic acids is 4. The zero-order valence-electron chi connectivity index (χ0n) is 30.6. The number of hydrogen-bond donors (Lipinski definition) is 4. The van der Waals surface area contributed by atoms with Crippen LogP contribution in [0.25, 0.3) is 0 Å². The van der Waals surface area contributed by atoms with E-state index in [1.54, 1.807) is 26.8 Å². The second kappa shape index (κ2) is 17.4. The van der Waals surface area contributed by atoms with Gasteiger partial charge in [0.1, 0.15) is 19.0 Å². The fourth-order valence-corrected chi connectivity index (χ4v) is 7.11. The lowest BCUT2D eigenvalue weighted by Gasteiger charge is -2.41. The van der Waals surface area contributed by atoms with E-state index in [1.807, 2.05) is 24.3 Å². The lowest BCUT2D eigenvalue weighted by atomic mass is 9.83. The first-order valence-corrected chi connectivity index (χ1v) is 18.3. The molecule has 3 aromatic rings. The van der Waals surface area contributed by atoms with Crippen LogP contribution in [0.4, 0.5) is 28.9 Å². The van der Waals surface area contributed by atoms with E-state index >= 15 is 4.39 Å². The summed E-state index contributed by atoms with van der Waals surface area (Å²) in [5.74, 6) is -4.52. The molecular formula is C40H47F4N5O5. The molecule has 2 aliphatic rings. The number of ether oxygens (including phenoxy) is 1. The topological polar surface area (TPSA) is 143 Å². The van der Waals surface area contributed by atoms with Gasteiger partial charge in [-0.3, -0.25) is 19.2 Å². The molecule has 290 valence electrons. The monoisotopic (exact) mass is 753 g/mol. The molecule has 0 aromatic heterocycles. The largest absolute Gasteiger partial charge is 0.459 e. The highest BCUT2D eigenvalue weighted by molar-refractivity contribution is 5.98. The van der Waals surface area contributed by atoms with Crippen LogP contribution in [0.3, 0.4) is 0 Å². The van der Waals surface area contributed by atoms with Crippen molar-refractivity contribution in [2.75, 3.05) is 23.7 Å². The molecule has 5 rings (SSSR count). The Balaban J connectivity index is 1.37. The lowest BCUT2D eigenvalue weighted by Crippen LogP contribution is -2.46. The summed E-state index contributed by atoms with van der Waals surface area (Å²) in [7, 11) is 0. The van der Waals surface area contributed by atoms with Crippen LogP contribution < -0.4 is 21.7 Å². The highest BCUT2D eigenvalue weighted by atomic mass is 19.4. The number of alkyl halides is 3. The molecule has 2 fully saturated rings. The van der Waals surface area contributed by atoms with Crippen molar-refractivity contribution >= 4 is 35.1 Å². The Hall–Kier alpha value is -4.98.